The molecule has 8 heteroatoms. The summed E-state index contributed by atoms with van der Waals surface area (Å²) in [5.74, 6) is -0.0213. The lowest BCUT2D eigenvalue weighted by molar-refractivity contribution is 0.0928. The highest BCUT2D eigenvalue weighted by molar-refractivity contribution is 9.10. The van der Waals surface area contributed by atoms with Gasteiger partial charge in [-0.05, 0) is 53.2 Å². The Bertz CT molecular complexity index is 828. The van der Waals surface area contributed by atoms with Crippen LogP contribution < -0.4 is 5.32 Å². The lowest BCUT2D eigenvalue weighted by atomic mass is 10.2. The van der Waals surface area contributed by atoms with E-state index in [0.717, 1.165) is 4.47 Å². The lowest BCUT2D eigenvalue weighted by Crippen LogP contribution is -2.27. The molecule has 1 amide bonds. The molecular weight excluding hydrogens is 367 g/mol. The predicted molar refractivity (Wildman–Crippen MR) is 84.1 cm³/mol. The average Bonchev–Trinajstić information content (AvgIpc) is 3.17. The number of H-pyrrole nitrogens is 1. The summed E-state index contributed by atoms with van der Waals surface area (Å²) in [6, 6.07) is 6.96. The highest BCUT2D eigenvalue weighted by atomic mass is 79.9. The number of rotatable bonds is 4. The van der Waals surface area contributed by atoms with Crippen molar-refractivity contribution in [2.45, 2.75) is 13.0 Å². The first-order chi connectivity index (χ1) is 11.0. The Kier molecular flexibility index (Phi) is 4.24. The Morgan fingerprint density at radius 2 is 2.13 bits per heavy atom. The SMILES string of the molecule is C[C@@H](NC(=O)c1cc(Br)c[nH]1)c1nc(-c2ccc(F)cc2)no1. The molecule has 0 bridgehead atoms. The van der Waals surface area contributed by atoms with Crippen LogP contribution in [0.4, 0.5) is 4.39 Å². The van der Waals surface area contributed by atoms with E-state index >= 15 is 0 Å². The van der Waals surface area contributed by atoms with Crippen LogP contribution in [0.15, 0.2) is 45.5 Å². The number of aromatic amines is 1. The average molecular weight is 379 g/mol. The summed E-state index contributed by atoms with van der Waals surface area (Å²) in [6.07, 6.45) is 1.67. The number of nitrogens with one attached hydrogen (secondary N) is 2. The summed E-state index contributed by atoms with van der Waals surface area (Å²) < 4.78 is 18.9. The standard InChI is InChI=1S/C15H12BrFN4O2/c1-8(19-14(22)12-6-10(16)7-18-12)15-20-13(21-23-15)9-2-4-11(17)5-3-9/h2-8,18H,1H3,(H,19,22)/t8-/m1/s1. The largest absolute Gasteiger partial charge is 0.356 e. The third-order valence-electron chi connectivity index (χ3n) is 3.15. The summed E-state index contributed by atoms with van der Waals surface area (Å²) in [5, 5.41) is 6.60. The second-order valence-corrected chi connectivity index (χ2v) is 5.81. The molecule has 0 aliphatic heterocycles. The van der Waals surface area contributed by atoms with Crippen LogP contribution in [0.25, 0.3) is 11.4 Å². The van der Waals surface area contributed by atoms with Crippen LogP contribution >= 0.6 is 15.9 Å². The normalized spacial score (nSPS) is 12.1. The van der Waals surface area contributed by atoms with E-state index in [1.165, 1.54) is 12.1 Å². The second kappa shape index (κ2) is 6.33. The molecule has 0 aliphatic carbocycles. The topological polar surface area (TPSA) is 83.8 Å². The minimum absolute atomic E-state index is 0.267. The Morgan fingerprint density at radius 3 is 2.78 bits per heavy atom. The first-order valence-electron chi connectivity index (χ1n) is 6.77. The maximum Gasteiger partial charge on any atom is 0.268 e. The maximum absolute atomic E-state index is 12.9. The zero-order valence-electron chi connectivity index (χ0n) is 12.0. The Hall–Kier alpha value is -2.48. The molecule has 1 aromatic carbocycles. The van der Waals surface area contributed by atoms with E-state index in [1.807, 2.05) is 0 Å². The van der Waals surface area contributed by atoms with Crippen molar-refractivity contribution in [3.8, 4) is 11.4 Å². The van der Waals surface area contributed by atoms with Crippen molar-refractivity contribution in [1.29, 1.82) is 0 Å². The van der Waals surface area contributed by atoms with E-state index in [2.05, 4.69) is 36.4 Å². The molecule has 6 nitrogen and oxygen atoms in total. The third kappa shape index (κ3) is 3.48. The highest BCUT2D eigenvalue weighted by Crippen LogP contribution is 2.19. The van der Waals surface area contributed by atoms with Crippen molar-refractivity contribution in [3.63, 3.8) is 0 Å². The number of nitrogens with zero attached hydrogens (tertiary/aromatic N) is 2. The molecule has 0 radical (unpaired) electrons. The fourth-order valence-corrected chi connectivity index (χ4v) is 2.31. The van der Waals surface area contributed by atoms with E-state index in [-0.39, 0.29) is 17.6 Å². The Labute approximate surface area is 139 Å². The minimum Gasteiger partial charge on any atom is -0.356 e. The molecule has 0 saturated heterocycles. The van der Waals surface area contributed by atoms with E-state index < -0.39 is 6.04 Å². The summed E-state index contributed by atoms with van der Waals surface area (Å²) in [6.45, 7) is 1.73. The van der Waals surface area contributed by atoms with Crippen LogP contribution in [0.2, 0.25) is 0 Å². The van der Waals surface area contributed by atoms with E-state index in [0.29, 0.717) is 17.1 Å². The smallest absolute Gasteiger partial charge is 0.268 e. The van der Waals surface area contributed by atoms with Gasteiger partial charge in [0.1, 0.15) is 17.6 Å². The van der Waals surface area contributed by atoms with Crippen LogP contribution in [0.3, 0.4) is 0 Å². The van der Waals surface area contributed by atoms with Gasteiger partial charge in [-0.1, -0.05) is 5.16 Å². The molecule has 118 valence electrons. The fourth-order valence-electron chi connectivity index (χ4n) is 1.96. The van der Waals surface area contributed by atoms with Gasteiger partial charge >= 0.3 is 0 Å². The van der Waals surface area contributed by atoms with Crippen LogP contribution in [0.5, 0.6) is 0 Å². The molecule has 2 heterocycles. The molecule has 0 saturated carbocycles. The number of carbonyl (C=O) groups is 1. The number of aromatic nitrogens is 3. The Morgan fingerprint density at radius 1 is 1.39 bits per heavy atom. The molecule has 3 aromatic rings. The molecule has 23 heavy (non-hydrogen) atoms. The van der Waals surface area contributed by atoms with Gasteiger partial charge in [0, 0.05) is 16.2 Å². The van der Waals surface area contributed by atoms with Crippen LogP contribution in [0, 0.1) is 5.82 Å². The summed E-state index contributed by atoms with van der Waals surface area (Å²) in [4.78, 5) is 19.1. The lowest BCUT2D eigenvalue weighted by Gasteiger charge is -2.08. The molecule has 0 spiro atoms. The zero-order chi connectivity index (χ0) is 16.4. The molecule has 3 rings (SSSR count). The van der Waals surface area contributed by atoms with Gasteiger partial charge < -0.3 is 14.8 Å². The van der Waals surface area contributed by atoms with Gasteiger partial charge in [0.25, 0.3) is 5.91 Å². The quantitative estimate of drug-likeness (QED) is 0.727. The van der Waals surface area contributed by atoms with E-state index in [9.17, 15) is 9.18 Å². The van der Waals surface area contributed by atoms with Crippen LogP contribution in [0.1, 0.15) is 29.3 Å². The molecule has 1 atom stereocenters. The number of halogens is 2. The monoisotopic (exact) mass is 378 g/mol. The number of carbonyl (C=O) groups excluding carboxylic acids is 1. The van der Waals surface area contributed by atoms with Gasteiger partial charge in [0.2, 0.25) is 11.7 Å². The van der Waals surface area contributed by atoms with Crippen molar-refractivity contribution < 1.29 is 13.7 Å². The van der Waals surface area contributed by atoms with Crippen molar-refractivity contribution in [1.82, 2.24) is 20.4 Å². The second-order valence-electron chi connectivity index (χ2n) is 4.89. The molecule has 2 N–H and O–H groups in total. The first kappa shape index (κ1) is 15.4. The number of hydrogen-bond acceptors (Lipinski definition) is 4. The number of benzene rings is 1. The van der Waals surface area contributed by atoms with Crippen molar-refractivity contribution in [2.75, 3.05) is 0 Å². The van der Waals surface area contributed by atoms with E-state index in [4.69, 9.17) is 4.52 Å². The van der Waals surface area contributed by atoms with Gasteiger partial charge in [0.05, 0.1) is 0 Å². The van der Waals surface area contributed by atoms with Gasteiger partial charge in [0.15, 0.2) is 0 Å². The first-order valence-corrected chi connectivity index (χ1v) is 7.56. The van der Waals surface area contributed by atoms with Crippen LogP contribution in [-0.2, 0) is 0 Å². The summed E-state index contributed by atoms with van der Waals surface area (Å²) in [7, 11) is 0. The van der Waals surface area contributed by atoms with Crippen molar-refractivity contribution in [2.24, 2.45) is 0 Å². The predicted octanol–water partition coefficient (Wildman–Crippen LogP) is 3.46. The zero-order valence-corrected chi connectivity index (χ0v) is 13.6. The molecule has 2 aromatic heterocycles. The summed E-state index contributed by atoms with van der Waals surface area (Å²) in [5.41, 5.74) is 1.05. The fraction of sp³-hybridized carbons (Fsp3) is 0.133. The molecule has 0 unspecified atom stereocenters. The van der Waals surface area contributed by atoms with Gasteiger partial charge in [-0.3, -0.25) is 4.79 Å². The van der Waals surface area contributed by atoms with Crippen LogP contribution in [-0.4, -0.2) is 21.0 Å². The van der Waals surface area contributed by atoms with Gasteiger partial charge in [-0.15, -0.1) is 0 Å². The number of hydrogen-bond donors (Lipinski definition) is 2. The molecule has 0 fully saturated rings. The Balaban J connectivity index is 1.72. The minimum atomic E-state index is -0.466. The van der Waals surface area contributed by atoms with Gasteiger partial charge in [-0.2, -0.15) is 4.98 Å². The van der Waals surface area contributed by atoms with E-state index in [1.54, 1.807) is 31.3 Å². The molecule has 0 aliphatic rings. The maximum atomic E-state index is 12.9. The van der Waals surface area contributed by atoms with Gasteiger partial charge in [-0.25, -0.2) is 4.39 Å². The highest BCUT2D eigenvalue weighted by Gasteiger charge is 2.18. The third-order valence-corrected chi connectivity index (χ3v) is 3.61. The van der Waals surface area contributed by atoms with Crippen molar-refractivity contribution in [3.05, 3.63) is 58.4 Å². The number of amides is 1. The van der Waals surface area contributed by atoms with Crippen molar-refractivity contribution >= 4 is 21.8 Å². The summed E-state index contributed by atoms with van der Waals surface area (Å²) >= 11 is 3.27. The molecular formula is C15H12BrFN4O2.